The molecule has 0 aliphatic carbocycles. The Labute approximate surface area is 137 Å². The molecule has 0 aliphatic heterocycles. The van der Waals surface area contributed by atoms with Crippen LogP contribution in [0, 0.1) is 11.7 Å². The molecule has 23 heavy (non-hydrogen) atoms. The second kappa shape index (κ2) is 9.82. The Morgan fingerprint density at radius 1 is 1.13 bits per heavy atom. The Bertz CT molecular complexity index is 514. The van der Waals surface area contributed by atoms with Crippen LogP contribution in [-0.4, -0.2) is 38.0 Å². The third kappa shape index (κ3) is 7.63. The van der Waals surface area contributed by atoms with Gasteiger partial charge in [-0.15, -0.1) is 0 Å². The van der Waals surface area contributed by atoms with E-state index in [1.54, 1.807) is 19.2 Å². The van der Waals surface area contributed by atoms with Crippen molar-refractivity contribution in [2.75, 3.05) is 20.1 Å². The monoisotopic (exact) mass is 322 g/mol. The minimum absolute atomic E-state index is 0.0862. The minimum Gasteiger partial charge on any atom is -0.355 e. The van der Waals surface area contributed by atoms with Crippen molar-refractivity contribution in [3.8, 4) is 0 Å². The molecule has 5 nitrogen and oxygen atoms in total. The normalized spacial score (nSPS) is 12.9. The summed E-state index contributed by atoms with van der Waals surface area (Å²) in [5.74, 6) is 0.840. The molecule has 1 unspecified atom stereocenters. The number of carbonyl (C=O) groups is 1. The topological polar surface area (TPSA) is 65.5 Å². The lowest BCUT2D eigenvalue weighted by Gasteiger charge is -2.20. The zero-order valence-electron chi connectivity index (χ0n) is 14.3. The van der Waals surface area contributed by atoms with E-state index < -0.39 is 0 Å². The van der Waals surface area contributed by atoms with E-state index in [0.717, 1.165) is 11.5 Å². The van der Waals surface area contributed by atoms with Gasteiger partial charge in [0, 0.05) is 26.2 Å². The molecule has 0 fully saturated rings. The smallest absolute Gasteiger partial charge is 0.224 e. The molecule has 0 heterocycles. The van der Waals surface area contributed by atoms with Gasteiger partial charge in [-0.05, 0) is 30.5 Å². The number of aliphatic imine (C=N–C) groups is 1. The lowest BCUT2D eigenvalue weighted by atomic mass is 10.1. The summed E-state index contributed by atoms with van der Waals surface area (Å²) < 4.78 is 12.8. The molecule has 0 spiro atoms. The highest BCUT2D eigenvalue weighted by molar-refractivity contribution is 5.80. The van der Waals surface area contributed by atoms with Gasteiger partial charge < -0.3 is 16.0 Å². The molecule has 1 amide bonds. The van der Waals surface area contributed by atoms with E-state index in [9.17, 15) is 9.18 Å². The molecule has 0 saturated carbocycles. The highest BCUT2D eigenvalue weighted by Crippen LogP contribution is 2.03. The van der Waals surface area contributed by atoms with Crippen LogP contribution in [-0.2, 0) is 11.2 Å². The third-order valence-corrected chi connectivity index (χ3v) is 3.61. The van der Waals surface area contributed by atoms with Gasteiger partial charge >= 0.3 is 0 Å². The van der Waals surface area contributed by atoms with Crippen LogP contribution in [0.25, 0.3) is 0 Å². The Hall–Kier alpha value is -2.11. The quantitative estimate of drug-likeness (QED) is 0.407. The number of hydrogen-bond donors (Lipinski definition) is 3. The molecule has 0 aromatic heterocycles. The SMILES string of the molecule is CN=C(NCCNC(=O)Cc1ccc(F)cc1)NC(C)C(C)C. The highest BCUT2D eigenvalue weighted by atomic mass is 19.1. The van der Waals surface area contributed by atoms with Crippen molar-refractivity contribution in [2.45, 2.75) is 33.2 Å². The van der Waals surface area contributed by atoms with Crippen molar-refractivity contribution >= 4 is 11.9 Å². The molecule has 3 N–H and O–H groups in total. The van der Waals surface area contributed by atoms with Gasteiger partial charge in [0.15, 0.2) is 5.96 Å². The number of benzene rings is 1. The number of guanidine groups is 1. The fourth-order valence-corrected chi connectivity index (χ4v) is 1.81. The lowest BCUT2D eigenvalue weighted by molar-refractivity contribution is -0.120. The molecule has 1 aromatic carbocycles. The predicted molar refractivity (Wildman–Crippen MR) is 91.9 cm³/mol. The molecule has 6 heteroatoms. The van der Waals surface area contributed by atoms with Crippen molar-refractivity contribution < 1.29 is 9.18 Å². The van der Waals surface area contributed by atoms with Crippen LogP contribution in [0.3, 0.4) is 0 Å². The van der Waals surface area contributed by atoms with Gasteiger partial charge in [0.1, 0.15) is 5.82 Å². The molecule has 0 saturated heterocycles. The highest BCUT2D eigenvalue weighted by Gasteiger charge is 2.08. The number of nitrogens with zero attached hydrogens (tertiary/aromatic N) is 1. The van der Waals surface area contributed by atoms with Gasteiger partial charge in [-0.1, -0.05) is 26.0 Å². The first-order valence-corrected chi connectivity index (χ1v) is 7.90. The lowest BCUT2D eigenvalue weighted by Crippen LogP contribution is -2.46. The Balaban J connectivity index is 2.25. The van der Waals surface area contributed by atoms with E-state index in [1.165, 1.54) is 12.1 Å². The summed E-state index contributed by atoms with van der Waals surface area (Å²) in [6.45, 7) is 7.46. The maximum atomic E-state index is 12.8. The van der Waals surface area contributed by atoms with Crippen molar-refractivity contribution in [3.63, 3.8) is 0 Å². The van der Waals surface area contributed by atoms with Gasteiger partial charge in [0.2, 0.25) is 5.91 Å². The first-order chi connectivity index (χ1) is 10.9. The Kier molecular flexibility index (Phi) is 8.08. The second-order valence-electron chi connectivity index (χ2n) is 5.83. The molecule has 0 bridgehead atoms. The van der Waals surface area contributed by atoms with Gasteiger partial charge in [0.05, 0.1) is 6.42 Å². The van der Waals surface area contributed by atoms with E-state index in [1.807, 2.05) is 0 Å². The maximum absolute atomic E-state index is 12.8. The van der Waals surface area contributed by atoms with Crippen molar-refractivity contribution in [1.29, 1.82) is 0 Å². The van der Waals surface area contributed by atoms with Gasteiger partial charge in [0.25, 0.3) is 0 Å². The standard InChI is InChI=1S/C17H27FN4O/c1-12(2)13(3)22-17(19-4)21-10-9-20-16(23)11-14-5-7-15(18)8-6-14/h5-8,12-13H,9-11H2,1-4H3,(H,20,23)(H2,19,21,22). The number of halogens is 1. The number of amides is 1. The van der Waals surface area contributed by atoms with Gasteiger partial charge in [-0.3, -0.25) is 9.79 Å². The summed E-state index contributed by atoms with van der Waals surface area (Å²) in [5, 5.41) is 9.27. The fourth-order valence-electron chi connectivity index (χ4n) is 1.81. The van der Waals surface area contributed by atoms with Crippen molar-refractivity contribution in [3.05, 3.63) is 35.6 Å². The number of nitrogens with one attached hydrogen (secondary N) is 3. The predicted octanol–water partition coefficient (Wildman–Crippen LogP) is 1.69. The van der Waals surface area contributed by atoms with Crippen LogP contribution in [0.15, 0.2) is 29.3 Å². The first kappa shape index (κ1) is 18.9. The zero-order valence-corrected chi connectivity index (χ0v) is 14.3. The van der Waals surface area contributed by atoms with Gasteiger partial charge in [-0.25, -0.2) is 4.39 Å². The minimum atomic E-state index is -0.298. The number of rotatable bonds is 7. The van der Waals surface area contributed by atoms with E-state index >= 15 is 0 Å². The summed E-state index contributed by atoms with van der Waals surface area (Å²) in [5.41, 5.74) is 0.792. The average Bonchev–Trinajstić information content (AvgIpc) is 2.52. The van der Waals surface area contributed by atoms with Crippen LogP contribution < -0.4 is 16.0 Å². The van der Waals surface area contributed by atoms with Crippen molar-refractivity contribution in [1.82, 2.24) is 16.0 Å². The van der Waals surface area contributed by atoms with Crippen LogP contribution in [0.2, 0.25) is 0 Å². The summed E-state index contributed by atoms with van der Waals surface area (Å²) >= 11 is 0. The Morgan fingerprint density at radius 2 is 1.74 bits per heavy atom. The van der Waals surface area contributed by atoms with Crippen LogP contribution >= 0.6 is 0 Å². The van der Waals surface area contributed by atoms with E-state index in [2.05, 4.69) is 41.7 Å². The largest absolute Gasteiger partial charge is 0.355 e. The molecule has 1 rings (SSSR count). The molecule has 1 aromatic rings. The van der Waals surface area contributed by atoms with Crippen LogP contribution in [0.4, 0.5) is 4.39 Å². The summed E-state index contributed by atoms with van der Waals surface area (Å²) in [6.07, 6.45) is 0.248. The first-order valence-electron chi connectivity index (χ1n) is 7.90. The van der Waals surface area contributed by atoms with Crippen LogP contribution in [0.1, 0.15) is 26.3 Å². The Morgan fingerprint density at radius 3 is 2.30 bits per heavy atom. The zero-order chi connectivity index (χ0) is 17.2. The average molecular weight is 322 g/mol. The molecule has 128 valence electrons. The van der Waals surface area contributed by atoms with Crippen LogP contribution in [0.5, 0.6) is 0 Å². The summed E-state index contributed by atoms with van der Waals surface area (Å²) in [4.78, 5) is 15.9. The van der Waals surface area contributed by atoms with E-state index in [4.69, 9.17) is 0 Å². The maximum Gasteiger partial charge on any atom is 0.224 e. The van der Waals surface area contributed by atoms with Crippen molar-refractivity contribution in [2.24, 2.45) is 10.9 Å². The number of hydrogen-bond acceptors (Lipinski definition) is 2. The molecule has 0 radical (unpaired) electrons. The summed E-state index contributed by atoms with van der Waals surface area (Å²) in [7, 11) is 1.72. The second-order valence-corrected chi connectivity index (χ2v) is 5.83. The van der Waals surface area contributed by atoms with Gasteiger partial charge in [-0.2, -0.15) is 0 Å². The molecule has 0 aliphatic rings. The summed E-state index contributed by atoms with van der Waals surface area (Å²) in [6, 6.07) is 6.26. The molecular weight excluding hydrogens is 295 g/mol. The fraction of sp³-hybridized carbons (Fsp3) is 0.529. The third-order valence-electron chi connectivity index (χ3n) is 3.61. The molecular formula is C17H27FN4O. The molecule has 1 atom stereocenters. The number of carbonyl (C=O) groups excluding carboxylic acids is 1. The van der Waals surface area contributed by atoms with E-state index in [0.29, 0.717) is 25.0 Å². The van der Waals surface area contributed by atoms with E-state index in [-0.39, 0.29) is 18.1 Å².